The number of hydrogen-bond donors (Lipinski definition) is 2. The van der Waals surface area contributed by atoms with Crippen LogP contribution in [0.25, 0.3) is 11.0 Å². The van der Waals surface area contributed by atoms with Crippen molar-refractivity contribution in [3.05, 3.63) is 66.7 Å². The van der Waals surface area contributed by atoms with Crippen molar-refractivity contribution in [1.29, 1.82) is 0 Å². The molecule has 2 unspecified atom stereocenters. The minimum atomic E-state index is -5.00. The lowest BCUT2D eigenvalue weighted by atomic mass is 9.88. The normalized spacial score (nSPS) is 24.5. The van der Waals surface area contributed by atoms with Gasteiger partial charge < -0.3 is 24.9 Å². The van der Waals surface area contributed by atoms with Crippen LogP contribution < -0.4 is 15.2 Å². The molecule has 3 aromatic rings. The van der Waals surface area contributed by atoms with Gasteiger partial charge in [-0.1, -0.05) is 18.2 Å². The molecule has 1 amide bonds. The summed E-state index contributed by atoms with van der Waals surface area (Å²) in [6.07, 6.45) is 6.68. The maximum absolute atomic E-state index is 14.2. The molecule has 3 aromatic heterocycles. The SMILES string of the molecule is CO[C@H]1CC[C@H](COc2ncc(S(=O)(=O)C3(Oc4cnc5[nH]ccc5c4)C=CC=CC3C(N)=O)cc2C(F)(F)F)CC1. The van der Waals surface area contributed by atoms with Crippen LogP contribution in [-0.2, 0) is 25.5 Å². The van der Waals surface area contributed by atoms with Crippen LogP contribution in [0, 0.1) is 11.8 Å². The first-order chi connectivity index (χ1) is 19.9. The highest BCUT2D eigenvalue weighted by Crippen LogP contribution is 2.42. The molecule has 42 heavy (non-hydrogen) atoms. The first kappa shape index (κ1) is 29.6. The molecule has 224 valence electrons. The van der Waals surface area contributed by atoms with Gasteiger partial charge in [-0.15, -0.1) is 0 Å². The van der Waals surface area contributed by atoms with Crippen LogP contribution in [-0.4, -0.2) is 54.0 Å². The molecule has 2 atom stereocenters. The number of amides is 1. The summed E-state index contributed by atoms with van der Waals surface area (Å²) in [5.74, 6) is -3.45. The number of nitrogens with zero attached hydrogens (tertiary/aromatic N) is 2. The van der Waals surface area contributed by atoms with Crippen LogP contribution in [0.2, 0.25) is 0 Å². The molecule has 10 nitrogen and oxygen atoms in total. The van der Waals surface area contributed by atoms with E-state index < -0.39 is 49.1 Å². The summed E-state index contributed by atoms with van der Waals surface area (Å²) < 4.78 is 87.8. The number of halogens is 3. The number of carbonyl (C=O) groups is 1. The molecule has 0 saturated heterocycles. The standard InChI is InChI=1S/C28H29F3N4O6S/c1-39-19-7-5-17(6-8-19)16-40-26-23(28(29,30)31)13-21(15-35-26)42(37,38)27(10-3-2-4-22(27)24(32)36)41-20-12-18-9-11-33-25(18)34-14-20/h2-4,9-15,17,19,22H,5-8,16H2,1H3,(H2,32,36)(H,33,34)/t17-,19-,22?,27?. The Morgan fingerprint density at radius 2 is 1.90 bits per heavy atom. The molecule has 3 N–H and O–H groups in total. The van der Waals surface area contributed by atoms with Crippen LogP contribution >= 0.6 is 0 Å². The Kier molecular flexibility index (Phi) is 8.03. The van der Waals surface area contributed by atoms with E-state index >= 15 is 0 Å². The van der Waals surface area contributed by atoms with Gasteiger partial charge in [-0.3, -0.25) is 4.79 Å². The highest BCUT2D eigenvalue weighted by Gasteiger charge is 2.55. The highest BCUT2D eigenvalue weighted by atomic mass is 32.2. The van der Waals surface area contributed by atoms with E-state index in [-0.39, 0.29) is 24.4 Å². The Labute approximate surface area is 239 Å². The lowest BCUT2D eigenvalue weighted by Crippen LogP contribution is -2.54. The lowest BCUT2D eigenvalue weighted by molar-refractivity contribution is -0.139. The molecular formula is C28H29F3N4O6S. The quantitative estimate of drug-likeness (QED) is 0.366. The van der Waals surface area contributed by atoms with E-state index in [4.69, 9.17) is 19.9 Å². The van der Waals surface area contributed by atoms with Gasteiger partial charge in [0.05, 0.1) is 23.8 Å². The Hall–Kier alpha value is -3.91. The van der Waals surface area contributed by atoms with Crippen molar-refractivity contribution in [2.24, 2.45) is 17.6 Å². The van der Waals surface area contributed by atoms with E-state index in [9.17, 15) is 26.4 Å². The smallest absolute Gasteiger partial charge is 0.421 e. The van der Waals surface area contributed by atoms with Crippen molar-refractivity contribution in [2.75, 3.05) is 13.7 Å². The topological polar surface area (TPSA) is 146 Å². The molecule has 2 aliphatic carbocycles. The molecule has 3 heterocycles. The summed E-state index contributed by atoms with van der Waals surface area (Å²) in [5, 5.41) is 0.573. The average Bonchev–Trinajstić information content (AvgIpc) is 3.44. The van der Waals surface area contributed by atoms with Gasteiger partial charge in [-0.05, 0) is 55.9 Å². The first-order valence-electron chi connectivity index (χ1n) is 13.2. The highest BCUT2D eigenvalue weighted by molar-refractivity contribution is 7.93. The summed E-state index contributed by atoms with van der Waals surface area (Å²) in [6, 6.07) is 3.60. The number of sulfone groups is 1. The molecule has 1 fully saturated rings. The van der Waals surface area contributed by atoms with Crippen molar-refractivity contribution >= 4 is 26.8 Å². The van der Waals surface area contributed by atoms with Gasteiger partial charge >= 0.3 is 6.18 Å². The second-order valence-corrected chi connectivity index (χ2v) is 12.4. The third-order valence-electron chi connectivity index (χ3n) is 7.58. The molecule has 5 rings (SSSR count). The maximum Gasteiger partial charge on any atom is 0.421 e. The van der Waals surface area contributed by atoms with Crippen LogP contribution in [0.5, 0.6) is 11.6 Å². The van der Waals surface area contributed by atoms with Crippen molar-refractivity contribution in [3.8, 4) is 11.6 Å². The number of H-pyrrole nitrogens is 1. The number of allylic oxidation sites excluding steroid dienone is 2. The largest absolute Gasteiger partial charge is 0.477 e. The van der Waals surface area contributed by atoms with Gasteiger partial charge in [-0.2, -0.15) is 13.2 Å². The molecule has 0 aromatic carbocycles. The molecule has 0 aliphatic heterocycles. The molecule has 0 radical (unpaired) electrons. The number of aromatic amines is 1. The zero-order valence-electron chi connectivity index (χ0n) is 22.5. The summed E-state index contributed by atoms with van der Waals surface area (Å²) >= 11 is 0. The van der Waals surface area contributed by atoms with Gasteiger partial charge in [-0.25, -0.2) is 18.4 Å². The minimum Gasteiger partial charge on any atom is -0.477 e. The summed E-state index contributed by atoms with van der Waals surface area (Å²) in [6.45, 7) is -0.0163. The number of nitrogens with two attached hydrogens (primary N) is 1. The Morgan fingerprint density at radius 1 is 1.14 bits per heavy atom. The van der Waals surface area contributed by atoms with E-state index in [1.54, 1.807) is 19.4 Å². The maximum atomic E-state index is 14.2. The zero-order chi connectivity index (χ0) is 30.1. The summed E-state index contributed by atoms with van der Waals surface area (Å²) in [4.78, 5) is 20.0. The van der Waals surface area contributed by atoms with E-state index in [1.165, 1.54) is 30.5 Å². The predicted octanol–water partition coefficient (Wildman–Crippen LogP) is 4.34. The number of aromatic nitrogens is 3. The number of primary amides is 1. The van der Waals surface area contributed by atoms with Crippen molar-refractivity contribution in [3.63, 3.8) is 0 Å². The lowest BCUT2D eigenvalue weighted by Gasteiger charge is -2.36. The molecule has 14 heteroatoms. The van der Waals surface area contributed by atoms with Gasteiger partial charge in [0.15, 0.2) is 0 Å². The molecule has 0 spiro atoms. The van der Waals surface area contributed by atoms with Gasteiger partial charge in [0.2, 0.25) is 26.6 Å². The zero-order valence-corrected chi connectivity index (χ0v) is 23.3. The fourth-order valence-corrected chi connectivity index (χ4v) is 7.10. The van der Waals surface area contributed by atoms with Crippen molar-refractivity contribution in [1.82, 2.24) is 15.0 Å². The number of alkyl halides is 3. The third-order valence-corrected chi connectivity index (χ3v) is 9.74. The average molecular weight is 607 g/mol. The number of hydrogen-bond acceptors (Lipinski definition) is 8. The summed E-state index contributed by atoms with van der Waals surface area (Å²) in [7, 11) is -3.31. The second-order valence-electron chi connectivity index (χ2n) is 10.2. The van der Waals surface area contributed by atoms with Crippen LogP contribution in [0.1, 0.15) is 31.2 Å². The fraction of sp³-hybridized carbons (Fsp3) is 0.393. The van der Waals surface area contributed by atoms with Crippen LogP contribution in [0.4, 0.5) is 13.2 Å². The Morgan fingerprint density at radius 3 is 2.60 bits per heavy atom. The Bertz CT molecular complexity index is 1630. The Balaban J connectivity index is 1.52. The van der Waals surface area contributed by atoms with Gasteiger partial charge in [0.25, 0.3) is 0 Å². The van der Waals surface area contributed by atoms with Gasteiger partial charge in [0.1, 0.15) is 22.9 Å². The number of carbonyl (C=O) groups excluding carboxylic acids is 1. The molecule has 2 aliphatic rings. The number of nitrogens with one attached hydrogen (secondary N) is 1. The number of rotatable bonds is 9. The molecular weight excluding hydrogens is 577 g/mol. The van der Waals surface area contributed by atoms with E-state index in [1.807, 2.05) is 0 Å². The molecule has 0 bridgehead atoms. The third kappa shape index (κ3) is 5.60. The van der Waals surface area contributed by atoms with E-state index in [0.29, 0.717) is 29.9 Å². The predicted molar refractivity (Wildman–Crippen MR) is 145 cm³/mol. The van der Waals surface area contributed by atoms with E-state index in [0.717, 1.165) is 25.1 Å². The monoisotopic (exact) mass is 606 g/mol. The van der Waals surface area contributed by atoms with Crippen LogP contribution in [0.3, 0.4) is 0 Å². The number of methoxy groups -OCH3 is 1. The minimum absolute atomic E-state index is 0.000764. The summed E-state index contributed by atoms with van der Waals surface area (Å²) in [5.41, 5.74) is 4.71. The first-order valence-corrected chi connectivity index (χ1v) is 14.7. The van der Waals surface area contributed by atoms with Crippen molar-refractivity contribution < 1.29 is 40.6 Å². The number of ether oxygens (including phenoxy) is 3. The second kappa shape index (κ2) is 11.4. The molecule has 1 saturated carbocycles. The van der Waals surface area contributed by atoms with Gasteiger partial charge in [0, 0.05) is 24.9 Å². The van der Waals surface area contributed by atoms with Crippen molar-refractivity contribution in [2.45, 2.75) is 47.8 Å². The fourth-order valence-electron chi connectivity index (χ4n) is 5.28. The number of pyridine rings is 2. The van der Waals surface area contributed by atoms with Crippen LogP contribution in [0.15, 0.2) is 66.0 Å². The van der Waals surface area contributed by atoms with E-state index in [2.05, 4.69) is 15.0 Å². The number of fused-ring (bicyclic) bond motifs is 1.